The average molecular weight is 279 g/mol. The van der Waals surface area contributed by atoms with E-state index in [0.717, 1.165) is 21.3 Å². The molecule has 82 valence electrons. The molecule has 0 aliphatic heterocycles. The summed E-state index contributed by atoms with van der Waals surface area (Å²) in [7, 11) is 1.61. The fourth-order valence-electron chi connectivity index (χ4n) is 1.50. The smallest absolute Gasteiger partial charge is 0.123 e. The molecule has 3 heteroatoms. The van der Waals surface area contributed by atoms with Gasteiger partial charge in [0.05, 0.1) is 7.11 Å². The van der Waals surface area contributed by atoms with Gasteiger partial charge in [-0.1, -0.05) is 28.1 Å². The molecule has 2 aromatic rings. The fraction of sp³-hybridized carbons (Fsp3) is 0.0769. The molecule has 0 bridgehead atoms. The van der Waals surface area contributed by atoms with Crippen LogP contribution in [0, 0.1) is 0 Å². The van der Waals surface area contributed by atoms with Crippen LogP contribution in [0.25, 0.3) is 11.1 Å². The Morgan fingerprint density at radius 1 is 1.06 bits per heavy atom. The van der Waals surface area contributed by atoms with Crippen LogP contribution in [0.15, 0.2) is 46.9 Å². The minimum absolute atomic E-state index is 0.253. The fourth-order valence-corrected chi connectivity index (χ4v) is 1.77. The second kappa shape index (κ2) is 4.58. The lowest BCUT2D eigenvalue weighted by atomic mass is 10.0. The molecule has 0 fully saturated rings. The lowest BCUT2D eigenvalue weighted by molar-refractivity contribution is 0.412. The van der Waals surface area contributed by atoms with Crippen LogP contribution in [0.1, 0.15) is 0 Å². The molecule has 16 heavy (non-hydrogen) atoms. The standard InChI is InChI=1S/C13H11BrO2/c1-16-11-6-7-13(15)12(8-11)9-2-4-10(14)5-3-9/h2-8,15H,1H3. The summed E-state index contributed by atoms with van der Waals surface area (Å²) in [4.78, 5) is 0. The maximum Gasteiger partial charge on any atom is 0.123 e. The third-order valence-electron chi connectivity index (χ3n) is 2.36. The molecule has 0 aromatic heterocycles. The van der Waals surface area contributed by atoms with E-state index in [1.165, 1.54) is 0 Å². The number of aromatic hydroxyl groups is 1. The quantitative estimate of drug-likeness (QED) is 0.905. The van der Waals surface area contributed by atoms with Gasteiger partial charge in [0.25, 0.3) is 0 Å². The molecule has 0 spiro atoms. The van der Waals surface area contributed by atoms with E-state index in [-0.39, 0.29) is 5.75 Å². The minimum atomic E-state index is 0.253. The van der Waals surface area contributed by atoms with Crippen LogP contribution in [0.2, 0.25) is 0 Å². The van der Waals surface area contributed by atoms with Gasteiger partial charge < -0.3 is 9.84 Å². The van der Waals surface area contributed by atoms with Gasteiger partial charge in [-0.2, -0.15) is 0 Å². The zero-order valence-electron chi connectivity index (χ0n) is 8.77. The molecule has 0 amide bonds. The Morgan fingerprint density at radius 2 is 1.75 bits per heavy atom. The number of phenolic OH excluding ortho intramolecular Hbond substituents is 1. The summed E-state index contributed by atoms with van der Waals surface area (Å²) in [5, 5.41) is 9.79. The van der Waals surface area contributed by atoms with Crippen molar-refractivity contribution < 1.29 is 9.84 Å². The minimum Gasteiger partial charge on any atom is -0.507 e. The number of halogens is 1. The predicted octanol–water partition coefficient (Wildman–Crippen LogP) is 3.83. The van der Waals surface area contributed by atoms with Gasteiger partial charge in [-0.15, -0.1) is 0 Å². The van der Waals surface area contributed by atoms with Gasteiger partial charge in [0.15, 0.2) is 0 Å². The Bertz CT molecular complexity index is 492. The summed E-state index contributed by atoms with van der Waals surface area (Å²) in [6, 6.07) is 13.0. The summed E-state index contributed by atoms with van der Waals surface area (Å²) in [5.74, 6) is 0.985. The number of methoxy groups -OCH3 is 1. The first kappa shape index (κ1) is 11.0. The summed E-state index contributed by atoms with van der Waals surface area (Å²) >= 11 is 3.38. The van der Waals surface area contributed by atoms with Crippen LogP contribution in [-0.2, 0) is 0 Å². The molecule has 0 radical (unpaired) electrons. The Balaban J connectivity index is 2.50. The molecule has 0 unspecified atom stereocenters. The van der Waals surface area contributed by atoms with Gasteiger partial charge >= 0.3 is 0 Å². The van der Waals surface area contributed by atoms with Crippen molar-refractivity contribution in [3.63, 3.8) is 0 Å². The Hall–Kier alpha value is -1.48. The summed E-state index contributed by atoms with van der Waals surface area (Å²) in [5.41, 5.74) is 1.73. The average Bonchev–Trinajstić information content (AvgIpc) is 2.31. The van der Waals surface area contributed by atoms with Crippen molar-refractivity contribution in [2.45, 2.75) is 0 Å². The summed E-state index contributed by atoms with van der Waals surface area (Å²) in [6.07, 6.45) is 0. The van der Waals surface area contributed by atoms with E-state index in [1.54, 1.807) is 19.2 Å². The van der Waals surface area contributed by atoms with Crippen molar-refractivity contribution in [1.29, 1.82) is 0 Å². The van der Waals surface area contributed by atoms with E-state index in [0.29, 0.717) is 0 Å². The number of rotatable bonds is 2. The van der Waals surface area contributed by atoms with Gasteiger partial charge in [0.1, 0.15) is 11.5 Å². The highest BCUT2D eigenvalue weighted by Crippen LogP contribution is 2.32. The third-order valence-corrected chi connectivity index (χ3v) is 2.89. The molecule has 2 rings (SSSR count). The molecule has 0 aliphatic carbocycles. The van der Waals surface area contributed by atoms with Crippen LogP contribution >= 0.6 is 15.9 Å². The van der Waals surface area contributed by atoms with Gasteiger partial charge in [0.2, 0.25) is 0 Å². The molecule has 0 aliphatic rings. The van der Waals surface area contributed by atoms with E-state index in [2.05, 4.69) is 15.9 Å². The van der Waals surface area contributed by atoms with Crippen LogP contribution in [0.4, 0.5) is 0 Å². The molecule has 1 N–H and O–H groups in total. The highest BCUT2D eigenvalue weighted by molar-refractivity contribution is 9.10. The lowest BCUT2D eigenvalue weighted by Gasteiger charge is -2.07. The number of hydrogen-bond donors (Lipinski definition) is 1. The largest absolute Gasteiger partial charge is 0.507 e. The zero-order valence-corrected chi connectivity index (χ0v) is 10.4. The number of hydrogen-bond acceptors (Lipinski definition) is 2. The molecular weight excluding hydrogens is 268 g/mol. The predicted molar refractivity (Wildman–Crippen MR) is 67.8 cm³/mol. The number of benzene rings is 2. The molecular formula is C13H11BrO2. The van der Waals surface area contributed by atoms with Crippen molar-refractivity contribution >= 4 is 15.9 Å². The van der Waals surface area contributed by atoms with Gasteiger partial charge in [-0.05, 0) is 35.9 Å². The van der Waals surface area contributed by atoms with Crippen LogP contribution in [0.3, 0.4) is 0 Å². The molecule has 0 saturated heterocycles. The monoisotopic (exact) mass is 278 g/mol. The van der Waals surface area contributed by atoms with Crippen molar-refractivity contribution in [2.75, 3.05) is 7.11 Å². The maximum absolute atomic E-state index is 9.79. The first-order valence-corrected chi connectivity index (χ1v) is 5.63. The topological polar surface area (TPSA) is 29.5 Å². The van der Waals surface area contributed by atoms with Crippen molar-refractivity contribution in [1.82, 2.24) is 0 Å². The highest BCUT2D eigenvalue weighted by Gasteiger charge is 2.05. The van der Waals surface area contributed by atoms with E-state index in [1.807, 2.05) is 30.3 Å². The SMILES string of the molecule is COc1ccc(O)c(-c2ccc(Br)cc2)c1. The molecule has 2 aromatic carbocycles. The number of ether oxygens (including phenoxy) is 1. The number of phenols is 1. The summed E-state index contributed by atoms with van der Waals surface area (Å²) < 4.78 is 6.15. The second-order valence-corrected chi connectivity index (χ2v) is 4.31. The first-order chi connectivity index (χ1) is 7.70. The van der Waals surface area contributed by atoms with Crippen molar-refractivity contribution in [3.05, 3.63) is 46.9 Å². The van der Waals surface area contributed by atoms with Crippen molar-refractivity contribution in [2.24, 2.45) is 0 Å². The van der Waals surface area contributed by atoms with E-state index < -0.39 is 0 Å². The van der Waals surface area contributed by atoms with Crippen LogP contribution in [0.5, 0.6) is 11.5 Å². The third kappa shape index (κ3) is 2.19. The van der Waals surface area contributed by atoms with Crippen LogP contribution < -0.4 is 4.74 Å². The van der Waals surface area contributed by atoms with E-state index in [9.17, 15) is 5.11 Å². The normalized spacial score (nSPS) is 10.1. The first-order valence-electron chi connectivity index (χ1n) is 4.83. The Kier molecular flexibility index (Phi) is 3.15. The molecule has 0 saturated carbocycles. The maximum atomic E-state index is 9.79. The zero-order chi connectivity index (χ0) is 11.5. The highest BCUT2D eigenvalue weighted by atomic mass is 79.9. The lowest BCUT2D eigenvalue weighted by Crippen LogP contribution is -1.84. The van der Waals surface area contributed by atoms with Gasteiger partial charge in [-0.3, -0.25) is 0 Å². The van der Waals surface area contributed by atoms with Crippen LogP contribution in [-0.4, -0.2) is 12.2 Å². The Labute approximate surface area is 103 Å². The summed E-state index contributed by atoms with van der Waals surface area (Å²) in [6.45, 7) is 0. The van der Waals surface area contributed by atoms with E-state index >= 15 is 0 Å². The van der Waals surface area contributed by atoms with Crippen molar-refractivity contribution in [3.8, 4) is 22.6 Å². The second-order valence-electron chi connectivity index (χ2n) is 3.39. The molecule has 0 atom stereocenters. The molecule has 2 nitrogen and oxygen atoms in total. The molecule has 0 heterocycles. The van der Waals surface area contributed by atoms with E-state index in [4.69, 9.17) is 4.74 Å². The van der Waals surface area contributed by atoms with Gasteiger partial charge in [0, 0.05) is 10.0 Å². The Morgan fingerprint density at radius 3 is 2.38 bits per heavy atom. The van der Waals surface area contributed by atoms with Gasteiger partial charge in [-0.25, -0.2) is 0 Å².